The summed E-state index contributed by atoms with van der Waals surface area (Å²) in [5.41, 5.74) is 1.05. The number of para-hydroxylation sites is 1. The van der Waals surface area contributed by atoms with Gasteiger partial charge in [-0.05, 0) is 26.8 Å². The van der Waals surface area contributed by atoms with Gasteiger partial charge >= 0.3 is 0 Å². The number of ether oxygens (including phenoxy) is 1. The Morgan fingerprint density at radius 1 is 1.33 bits per heavy atom. The molecule has 0 aliphatic heterocycles. The molecule has 0 radical (unpaired) electrons. The molecule has 4 nitrogen and oxygen atoms in total. The highest BCUT2D eigenvalue weighted by atomic mass is 16.5. The van der Waals surface area contributed by atoms with Crippen LogP contribution in [-0.4, -0.2) is 25.6 Å². The largest absolute Gasteiger partial charge is 0.496 e. The van der Waals surface area contributed by atoms with E-state index in [4.69, 9.17) is 4.74 Å². The van der Waals surface area contributed by atoms with Crippen LogP contribution in [0.25, 0.3) is 0 Å². The Hall–Kier alpha value is -1.55. The summed E-state index contributed by atoms with van der Waals surface area (Å²) in [4.78, 5) is 11.7. The zero-order chi connectivity index (χ0) is 13.5. The fourth-order valence-corrected chi connectivity index (χ4v) is 1.89. The van der Waals surface area contributed by atoms with Crippen molar-refractivity contribution < 1.29 is 9.53 Å². The van der Waals surface area contributed by atoms with Gasteiger partial charge in [0.2, 0.25) is 5.91 Å². The molecule has 0 spiro atoms. The maximum absolute atomic E-state index is 11.7. The average Bonchev–Trinajstić information content (AvgIpc) is 2.38. The van der Waals surface area contributed by atoms with Crippen molar-refractivity contribution in [1.29, 1.82) is 0 Å². The topological polar surface area (TPSA) is 50.4 Å². The van der Waals surface area contributed by atoms with Gasteiger partial charge in [0.05, 0.1) is 13.2 Å². The summed E-state index contributed by atoms with van der Waals surface area (Å²) in [5.74, 6) is 0.847. The highest BCUT2D eigenvalue weighted by molar-refractivity contribution is 5.81. The lowest BCUT2D eigenvalue weighted by Gasteiger charge is -2.21. The number of nitrogens with one attached hydrogen (secondary N) is 2. The molecule has 2 N–H and O–H groups in total. The van der Waals surface area contributed by atoms with Crippen molar-refractivity contribution in [3.63, 3.8) is 0 Å². The Balaban J connectivity index is 2.70. The van der Waals surface area contributed by atoms with Gasteiger partial charge in [0, 0.05) is 18.2 Å². The van der Waals surface area contributed by atoms with Gasteiger partial charge in [-0.1, -0.05) is 18.2 Å². The summed E-state index contributed by atoms with van der Waals surface area (Å²) in [7, 11) is 1.65. The van der Waals surface area contributed by atoms with Crippen molar-refractivity contribution in [1.82, 2.24) is 10.6 Å². The van der Waals surface area contributed by atoms with Gasteiger partial charge in [0.25, 0.3) is 0 Å². The number of methoxy groups -OCH3 is 1. The molecule has 0 fully saturated rings. The molecule has 0 aliphatic rings. The third-order valence-corrected chi connectivity index (χ3v) is 2.85. The van der Waals surface area contributed by atoms with Gasteiger partial charge in [-0.2, -0.15) is 0 Å². The van der Waals surface area contributed by atoms with Crippen LogP contribution in [0.2, 0.25) is 0 Å². The minimum atomic E-state index is -0.232. The van der Waals surface area contributed by atoms with Crippen LogP contribution in [0.3, 0.4) is 0 Å². The average molecular weight is 250 g/mol. The minimum absolute atomic E-state index is 0.0132. The Labute approximate surface area is 109 Å². The monoisotopic (exact) mass is 250 g/mol. The number of hydrogen-bond acceptors (Lipinski definition) is 3. The van der Waals surface area contributed by atoms with Crippen LogP contribution >= 0.6 is 0 Å². The normalized spacial score (nSPS) is 13.8. The highest BCUT2D eigenvalue weighted by Crippen LogP contribution is 2.24. The second-order valence-electron chi connectivity index (χ2n) is 4.25. The standard InChI is InChI=1S/C14H22N2O2/c1-5-15-14(17)11(3)16-10(2)12-8-6-7-9-13(12)18-4/h6-11,16H,5H2,1-4H3,(H,15,17)/t10-,11?/m1/s1. The van der Waals surface area contributed by atoms with Crippen molar-refractivity contribution >= 4 is 5.91 Å². The molecule has 18 heavy (non-hydrogen) atoms. The van der Waals surface area contributed by atoms with Crippen LogP contribution in [0.1, 0.15) is 32.4 Å². The summed E-state index contributed by atoms with van der Waals surface area (Å²) >= 11 is 0. The Bertz CT molecular complexity index is 393. The fourth-order valence-electron chi connectivity index (χ4n) is 1.89. The van der Waals surface area contributed by atoms with E-state index >= 15 is 0 Å². The zero-order valence-electron chi connectivity index (χ0n) is 11.5. The zero-order valence-corrected chi connectivity index (χ0v) is 11.5. The van der Waals surface area contributed by atoms with E-state index in [0.717, 1.165) is 11.3 Å². The SMILES string of the molecule is CCNC(=O)C(C)N[C@H](C)c1ccccc1OC. The number of rotatable bonds is 6. The predicted molar refractivity (Wildman–Crippen MR) is 72.7 cm³/mol. The maximum Gasteiger partial charge on any atom is 0.236 e. The van der Waals surface area contributed by atoms with Crippen LogP contribution in [0.5, 0.6) is 5.75 Å². The molecule has 1 amide bonds. The third kappa shape index (κ3) is 3.74. The van der Waals surface area contributed by atoms with E-state index in [2.05, 4.69) is 10.6 Å². The van der Waals surface area contributed by atoms with E-state index < -0.39 is 0 Å². The fraction of sp³-hybridized carbons (Fsp3) is 0.500. The van der Waals surface area contributed by atoms with Crippen LogP contribution in [0.4, 0.5) is 0 Å². The Morgan fingerprint density at radius 3 is 2.61 bits per heavy atom. The van der Waals surface area contributed by atoms with Gasteiger partial charge in [0.1, 0.15) is 5.75 Å². The summed E-state index contributed by atoms with van der Waals surface area (Å²) in [6.07, 6.45) is 0. The smallest absolute Gasteiger partial charge is 0.236 e. The van der Waals surface area contributed by atoms with E-state index in [1.54, 1.807) is 7.11 Å². The minimum Gasteiger partial charge on any atom is -0.496 e. The summed E-state index contributed by atoms with van der Waals surface area (Å²) in [6.45, 7) is 6.44. The lowest BCUT2D eigenvalue weighted by Crippen LogP contribution is -2.43. The number of carbonyl (C=O) groups excluding carboxylic acids is 1. The molecule has 1 unspecified atom stereocenters. The molecule has 0 heterocycles. The third-order valence-electron chi connectivity index (χ3n) is 2.85. The number of likely N-dealkylation sites (N-methyl/N-ethyl adjacent to an activating group) is 1. The lowest BCUT2D eigenvalue weighted by molar-refractivity contribution is -0.122. The first-order valence-electron chi connectivity index (χ1n) is 6.26. The molecule has 1 aromatic carbocycles. The lowest BCUT2D eigenvalue weighted by atomic mass is 10.1. The van der Waals surface area contributed by atoms with Crippen LogP contribution in [0.15, 0.2) is 24.3 Å². The first-order valence-corrected chi connectivity index (χ1v) is 6.26. The maximum atomic E-state index is 11.7. The predicted octanol–water partition coefficient (Wildman–Crippen LogP) is 1.87. The number of carbonyl (C=O) groups is 1. The molecular weight excluding hydrogens is 228 g/mol. The Kier molecular flexibility index (Phi) is 5.65. The van der Waals surface area contributed by atoms with E-state index in [9.17, 15) is 4.79 Å². The molecule has 2 atom stereocenters. The summed E-state index contributed by atoms with van der Waals surface area (Å²) in [6, 6.07) is 7.64. The summed E-state index contributed by atoms with van der Waals surface area (Å²) in [5, 5.41) is 6.06. The van der Waals surface area contributed by atoms with E-state index in [-0.39, 0.29) is 18.0 Å². The van der Waals surface area contributed by atoms with Crippen molar-refractivity contribution in [2.75, 3.05) is 13.7 Å². The van der Waals surface area contributed by atoms with Crippen molar-refractivity contribution in [3.8, 4) is 5.75 Å². The van der Waals surface area contributed by atoms with E-state index in [0.29, 0.717) is 6.54 Å². The van der Waals surface area contributed by atoms with Gasteiger partial charge in [-0.25, -0.2) is 0 Å². The highest BCUT2D eigenvalue weighted by Gasteiger charge is 2.17. The van der Waals surface area contributed by atoms with Gasteiger partial charge < -0.3 is 10.1 Å². The quantitative estimate of drug-likeness (QED) is 0.810. The summed E-state index contributed by atoms with van der Waals surface area (Å²) < 4.78 is 5.32. The molecule has 0 aromatic heterocycles. The second kappa shape index (κ2) is 7.01. The first-order chi connectivity index (χ1) is 8.60. The van der Waals surface area contributed by atoms with E-state index in [1.165, 1.54) is 0 Å². The number of hydrogen-bond donors (Lipinski definition) is 2. The Morgan fingerprint density at radius 2 is 2.00 bits per heavy atom. The van der Waals surface area contributed by atoms with Gasteiger partial charge in [-0.3, -0.25) is 10.1 Å². The van der Waals surface area contributed by atoms with Crippen LogP contribution in [0, 0.1) is 0 Å². The number of amides is 1. The molecule has 0 saturated carbocycles. The molecular formula is C14H22N2O2. The van der Waals surface area contributed by atoms with Crippen LogP contribution in [-0.2, 0) is 4.79 Å². The number of benzene rings is 1. The van der Waals surface area contributed by atoms with Gasteiger partial charge in [0.15, 0.2) is 0 Å². The first kappa shape index (κ1) is 14.5. The molecule has 0 saturated heterocycles. The molecule has 1 rings (SSSR count). The molecule has 1 aromatic rings. The molecule has 0 aliphatic carbocycles. The molecule has 4 heteroatoms. The van der Waals surface area contributed by atoms with Crippen LogP contribution < -0.4 is 15.4 Å². The molecule has 100 valence electrons. The van der Waals surface area contributed by atoms with Crippen molar-refractivity contribution in [2.24, 2.45) is 0 Å². The second-order valence-corrected chi connectivity index (χ2v) is 4.25. The van der Waals surface area contributed by atoms with Gasteiger partial charge in [-0.15, -0.1) is 0 Å². The van der Waals surface area contributed by atoms with Crippen molar-refractivity contribution in [2.45, 2.75) is 32.9 Å². The van der Waals surface area contributed by atoms with Crippen molar-refractivity contribution in [3.05, 3.63) is 29.8 Å². The van der Waals surface area contributed by atoms with E-state index in [1.807, 2.05) is 45.0 Å². The molecule has 0 bridgehead atoms.